The molecule has 1 aliphatic carbocycles. The molecule has 2 atom stereocenters. The van der Waals surface area contributed by atoms with Crippen molar-refractivity contribution in [2.75, 3.05) is 7.11 Å². The summed E-state index contributed by atoms with van der Waals surface area (Å²) in [4.78, 5) is 12.4. The molecular formula is C25H28N4O2. The molecule has 0 spiro atoms. The molecule has 0 saturated heterocycles. The topological polar surface area (TPSA) is 77.9 Å². The first-order chi connectivity index (χ1) is 15.1. The molecule has 2 aromatic heterocycles. The maximum Gasteiger partial charge on any atom is 0.137 e. The number of carbonyl (C=O) groups excluding carboxylic acids is 1. The summed E-state index contributed by atoms with van der Waals surface area (Å²) >= 11 is 0. The minimum atomic E-state index is 0.192. The lowest BCUT2D eigenvalue weighted by atomic mass is 9.99. The zero-order valence-corrected chi connectivity index (χ0v) is 18.1. The number of carbonyl (C=O) groups is 1. The number of ketones is 1. The van der Waals surface area contributed by atoms with E-state index in [-0.39, 0.29) is 5.78 Å². The largest absolute Gasteiger partial charge is 0.497 e. The van der Waals surface area contributed by atoms with Crippen molar-refractivity contribution in [1.29, 1.82) is 0 Å². The lowest BCUT2D eigenvalue weighted by Gasteiger charge is -2.10. The Kier molecular flexibility index (Phi) is 6.65. The van der Waals surface area contributed by atoms with Crippen molar-refractivity contribution in [2.45, 2.75) is 57.3 Å². The number of rotatable bonds is 8. The third kappa shape index (κ3) is 5.51. The van der Waals surface area contributed by atoms with Gasteiger partial charge in [0.15, 0.2) is 0 Å². The third-order valence-electron chi connectivity index (χ3n) is 6.02. The molecule has 0 bridgehead atoms. The molecular weight excluding hydrogens is 388 g/mol. The third-order valence-corrected chi connectivity index (χ3v) is 6.02. The van der Waals surface area contributed by atoms with Gasteiger partial charge in [0.2, 0.25) is 0 Å². The number of benzene rings is 1. The van der Waals surface area contributed by atoms with E-state index in [0.717, 1.165) is 53.4 Å². The van der Waals surface area contributed by atoms with Gasteiger partial charge in [0.1, 0.15) is 11.5 Å². The average molecular weight is 417 g/mol. The molecule has 0 radical (unpaired) electrons. The zero-order valence-electron chi connectivity index (χ0n) is 18.1. The molecule has 3 aromatic rings. The standard InChI is InChI=1S/C25H28N4O2/c1-17-6-12-24(28-26-17)19-7-8-20(16-19)25-13-10-21(27-29-25)9-11-22(30)14-18-4-3-5-23(15-18)31-2/h3-6,10,12-13,15,19-20H,7-9,11,14,16H2,1-2H3/t19-,20+/m0/s1. The van der Waals surface area contributed by atoms with E-state index in [1.807, 2.05) is 43.3 Å². The molecule has 1 aromatic carbocycles. The van der Waals surface area contributed by atoms with Gasteiger partial charge in [0, 0.05) is 24.7 Å². The molecule has 1 saturated carbocycles. The van der Waals surface area contributed by atoms with Crippen LogP contribution in [0.5, 0.6) is 5.75 Å². The molecule has 0 unspecified atom stereocenters. The Morgan fingerprint density at radius 3 is 2.35 bits per heavy atom. The van der Waals surface area contributed by atoms with Crippen LogP contribution in [0.4, 0.5) is 0 Å². The van der Waals surface area contributed by atoms with Crippen LogP contribution in [-0.4, -0.2) is 33.3 Å². The highest BCUT2D eigenvalue weighted by atomic mass is 16.5. The molecule has 1 fully saturated rings. The van der Waals surface area contributed by atoms with Crippen LogP contribution >= 0.6 is 0 Å². The predicted molar refractivity (Wildman–Crippen MR) is 118 cm³/mol. The number of aromatic nitrogens is 4. The number of methoxy groups -OCH3 is 1. The fourth-order valence-corrected chi connectivity index (χ4v) is 4.23. The highest BCUT2D eigenvalue weighted by Gasteiger charge is 2.29. The summed E-state index contributed by atoms with van der Waals surface area (Å²) in [5.74, 6) is 1.81. The lowest BCUT2D eigenvalue weighted by Crippen LogP contribution is -2.07. The minimum Gasteiger partial charge on any atom is -0.497 e. The van der Waals surface area contributed by atoms with E-state index in [0.29, 0.717) is 31.1 Å². The van der Waals surface area contributed by atoms with E-state index in [9.17, 15) is 4.79 Å². The quantitative estimate of drug-likeness (QED) is 0.542. The Hall–Kier alpha value is -3.15. The van der Waals surface area contributed by atoms with Gasteiger partial charge < -0.3 is 4.74 Å². The van der Waals surface area contributed by atoms with E-state index in [1.165, 1.54) is 0 Å². The fraction of sp³-hybridized carbons (Fsp3) is 0.400. The molecule has 6 nitrogen and oxygen atoms in total. The Morgan fingerprint density at radius 1 is 0.968 bits per heavy atom. The Labute approximate surface area is 183 Å². The van der Waals surface area contributed by atoms with E-state index in [1.54, 1.807) is 7.11 Å². The van der Waals surface area contributed by atoms with Crippen LogP contribution in [-0.2, 0) is 17.6 Å². The van der Waals surface area contributed by atoms with Crippen LogP contribution in [0.1, 0.15) is 65.9 Å². The van der Waals surface area contributed by atoms with Crippen molar-refractivity contribution in [3.05, 3.63) is 76.9 Å². The van der Waals surface area contributed by atoms with Gasteiger partial charge in [-0.15, -0.1) is 0 Å². The van der Waals surface area contributed by atoms with Gasteiger partial charge >= 0.3 is 0 Å². The van der Waals surface area contributed by atoms with Gasteiger partial charge in [-0.05, 0) is 74.6 Å². The molecule has 31 heavy (non-hydrogen) atoms. The molecule has 1 aliphatic rings. The first-order valence-electron chi connectivity index (χ1n) is 10.9. The Morgan fingerprint density at radius 2 is 1.71 bits per heavy atom. The van der Waals surface area contributed by atoms with Gasteiger partial charge in [-0.25, -0.2) is 0 Å². The summed E-state index contributed by atoms with van der Waals surface area (Å²) < 4.78 is 5.22. The number of aryl methyl sites for hydroxylation is 2. The van der Waals surface area contributed by atoms with Crippen molar-refractivity contribution in [1.82, 2.24) is 20.4 Å². The number of nitrogens with zero attached hydrogens (tertiary/aromatic N) is 4. The molecule has 6 heteroatoms. The van der Waals surface area contributed by atoms with Gasteiger partial charge in [0.25, 0.3) is 0 Å². The summed E-state index contributed by atoms with van der Waals surface area (Å²) in [7, 11) is 1.63. The first kappa shape index (κ1) is 21.1. The van der Waals surface area contributed by atoms with Gasteiger partial charge in [-0.2, -0.15) is 20.4 Å². The van der Waals surface area contributed by atoms with Gasteiger partial charge in [-0.3, -0.25) is 4.79 Å². The number of ether oxygens (including phenoxy) is 1. The molecule has 0 N–H and O–H groups in total. The summed E-state index contributed by atoms with van der Waals surface area (Å²) in [6.07, 6.45) is 4.71. The molecule has 2 heterocycles. The average Bonchev–Trinajstić information content (AvgIpc) is 3.29. The molecule has 160 valence electrons. The Bertz CT molecular complexity index is 1020. The smallest absolute Gasteiger partial charge is 0.137 e. The van der Waals surface area contributed by atoms with Crippen LogP contribution in [0.25, 0.3) is 0 Å². The summed E-state index contributed by atoms with van der Waals surface area (Å²) in [5.41, 5.74) is 4.89. The van der Waals surface area contributed by atoms with Crippen molar-refractivity contribution in [2.24, 2.45) is 0 Å². The monoisotopic (exact) mass is 416 g/mol. The van der Waals surface area contributed by atoms with Crippen LogP contribution in [0.3, 0.4) is 0 Å². The molecule has 0 aliphatic heterocycles. The van der Waals surface area contributed by atoms with E-state index >= 15 is 0 Å². The van der Waals surface area contributed by atoms with E-state index in [4.69, 9.17) is 4.74 Å². The summed E-state index contributed by atoms with van der Waals surface area (Å²) in [5, 5.41) is 17.4. The zero-order chi connectivity index (χ0) is 21.6. The van der Waals surface area contributed by atoms with Gasteiger partial charge in [0.05, 0.1) is 29.9 Å². The van der Waals surface area contributed by atoms with Crippen LogP contribution in [0, 0.1) is 6.92 Å². The van der Waals surface area contributed by atoms with Crippen molar-refractivity contribution in [3.8, 4) is 5.75 Å². The van der Waals surface area contributed by atoms with Crippen molar-refractivity contribution >= 4 is 5.78 Å². The maximum atomic E-state index is 12.4. The second kappa shape index (κ2) is 9.77. The van der Waals surface area contributed by atoms with E-state index < -0.39 is 0 Å². The molecule has 4 rings (SSSR count). The minimum absolute atomic E-state index is 0.192. The Balaban J connectivity index is 1.28. The summed E-state index contributed by atoms with van der Waals surface area (Å²) in [6, 6.07) is 15.8. The fourth-order valence-electron chi connectivity index (χ4n) is 4.23. The maximum absolute atomic E-state index is 12.4. The highest BCUT2D eigenvalue weighted by molar-refractivity contribution is 5.81. The normalized spacial score (nSPS) is 18.1. The SMILES string of the molecule is COc1cccc(CC(=O)CCc2ccc([C@@H]3CC[C@H](c4ccc(C)nn4)C3)nn2)c1. The second-order valence-electron chi connectivity index (χ2n) is 8.32. The predicted octanol–water partition coefficient (Wildman–Crippen LogP) is 4.38. The van der Waals surface area contributed by atoms with Crippen molar-refractivity contribution in [3.63, 3.8) is 0 Å². The van der Waals surface area contributed by atoms with Crippen LogP contribution in [0.15, 0.2) is 48.5 Å². The number of hydrogen-bond donors (Lipinski definition) is 0. The highest BCUT2D eigenvalue weighted by Crippen LogP contribution is 2.42. The lowest BCUT2D eigenvalue weighted by molar-refractivity contribution is -0.118. The van der Waals surface area contributed by atoms with Crippen LogP contribution in [0.2, 0.25) is 0 Å². The second-order valence-corrected chi connectivity index (χ2v) is 8.32. The molecule has 0 amide bonds. The summed E-state index contributed by atoms with van der Waals surface area (Å²) in [6.45, 7) is 1.96. The van der Waals surface area contributed by atoms with Crippen molar-refractivity contribution < 1.29 is 9.53 Å². The van der Waals surface area contributed by atoms with Crippen LogP contribution < -0.4 is 4.74 Å². The number of Topliss-reactive ketones (excluding diaryl/α,β-unsaturated/α-hetero) is 1. The first-order valence-corrected chi connectivity index (χ1v) is 10.9. The van der Waals surface area contributed by atoms with E-state index in [2.05, 4.69) is 32.5 Å². The number of hydrogen-bond acceptors (Lipinski definition) is 6. The van der Waals surface area contributed by atoms with Gasteiger partial charge in [-0.1, -0.05) is 12.1 Å².